The highest BCUT2D eigenvalue weighted by molar-refractivity contribution is 7.99. The van der Waals surface area contributed by atoms with Gasteiger partial charge in [-0.25, -0.2) is 4.98 Å². The summed E-state index contributed by atoms with van der Waals surface area (Å²) in [4.78, 5) is 33.7. The minimum absolute atomic E-state index is 0.0427. The van der Waals surface area contributed by atoms with E-state index in [1.165, 1.54) is 40.6 Å². The van der Waals surface area contributed by atoms with Gasteiger partial charge in [0.1, 0.15) is 10.7 Å². The molecule has 2 aromatic carbocycles. The van der Waals surface area contributed by atoms with Gasteiger partial charge < -0.3 is 10.3 Å². The summed E-state index contributed by atoms with van der Waals surface area (Å²) in [5.41, 5.74) is 5.35. The Morgan fingerprint density at radius 2 is 2.00 bits per heavy atom. The second kappa shape index (κ2) is 8.92. The van der Waals surface area contributed by atoms with Gasteiger partial charge in [0, 0.05) is 16.6 Å². The number of amides is 1. The third-order valence-electron chi connectivity index (χ3n) is 5.78. The maximum Gasteiger partial charge on any atom is 0.260 e. The summed E-state index contributed by atoms with van der Waals surface area (Å²) in [5.74, 6) is 1.01. The highest BCUT2D eigenvalue weighted by Gasteiger charge is 2.18. The molecule has 0 fully saturated rings. The van der Waals surface area contributed by atoms with Crippen molar-refractivity contribution in [3.8, 4) is 11.1 Å². The fourth-order valence-corrected chi connectivity index (χ4v) is 5.79. The fourth-order valence-electron chi connectivity index (χ4n) is 4.07. The van der Waals surface area contributed by atoms with E-state index in [9.17, 15) is 9.59 Å². The second-order valence-electron chi connectivity index (χ2n) is 7.99. The molecule has 2 heterocycles. The highest BCUT2D eigenvalue weighted by Crippen LogP contribution is 2.31. The van der Waals surface area contributed by atoms with E-state index in [2.05, 4.69) is 27.4 Å². The van der Waals surface area contributed by atoms with E-state index >= 15 is 0 Å². The molecule has 4 aromatic rings. The van der Waals surface area contributed by atoms with E-state index in [1.54, 1.807) is 0 Å². The smallest absolute Gasteiger partial charge is 0.260 e. The Hall–Kier alpha value is -2.90. The summed E-state index contributed by atoms with van der Waals surface area (Å²) in [5, 5.41) is 5.35. The van der Waals surface area contributed by atoms with Crippen LogP contribution in [0.5, 0.6) is 0 Å². The number of anilines is 1. The molecule has 7 heteroatoms. The largest absolute Gasteiger partial charge is 0.325 e. The Morgan fingerprint density at radius 1 is 1.19 bits per heavy atom. The number of H-pyrrole nitrogens is 1. The van der Waals surface area contributed by atoms with Crippen molar-refractivity contribution in [3.63, 3.8) is 0 Å². The standard InChI is InChI=1S/C25H23N3O2S2/c1-15(23(29)26-19-11-10-16-8-5-9-18(16)12-19)31-14-21-27-24(30)22-20(13-32-25(22)28-21)17-6-3-2-4-7-17/h2-4,6-7,10-13,15H,5,8-9,14H2,1H3,(H,26,29)(H,27,28,30). The van der Waals surface area contributed by atoms with E-state index in [-0.39, 0.29) is 16.7 Å². The third kappa shape index (κ3) is 4.23. The van der Waals surface area contributed by atoms with Gasteiger partial charge in [-0.05, 0) is 55.0 Å². The van der Waals surface area contributed by atoms with Crippen molar-refractivity contribution < 1.29 is 4.79 Å². The van der Waals surface area contributed by atoms with Crippen LogP contribution in [0.3, 0.4) is 0 Å². The summed E-state index contributed by atoms with van der Waals surface area (Å²) in [6, 6.07) is 16.0. The lowest BCUT2D eigenvalue weighted by atomic mass is 10.1. The lowest BCUT2D eigenvalue weighted by Gasteiger charge is -2.13. The number of thioether (sulfide) groups is 1. The third-order valence-corrected chi connectivity index (χ3v) is 7.81. The number of hydrogen-bond donors (Lipinski definition) is 2. The Labute approximate surface area is 194 Å². The molecule has 1 aliphatic rings. The molecule has 1 amide bonds. The quantitative estimate of drug-likeness (QED) is 0.403. The summed E-state index contributed by atoms with van der Waals surface area (Å²) in [7, 11) is 0. The molecule has 2 aromatic heterocycles. The van der Waals surface area contributed by atoms with Gasteiger partial charge in [-0.1, -0.05) is 36.4 Å². The van der Waals surface area contributed by atoms with Crippen LogP contribution in [0.25, 0.3) is 21.3 Å². The Balaban J connectivity index is 1.26. The van der Waals surface area contributed by atoms with Gasteiger partial charge in [0.2, 0.25) is 5.91 Å². The van der Waals surface area contributed by atoms with Crippen LogP contribution >= 0.6 is 23.1 Å². The first-order chi connectivity index (χ1) is 15.6. The van der Waals surface area contributed by atoms with Crippen LogP contribution in [0.1, 0.15) is 30.3 Å². The van der Waals surface area contributed by atoms with Crippen molar-refractivity contribution in [1.82, 2.24) is 9.97 Å². The van der Waals surface area contributed by atoms with Crippen molar-refractivity contribution in [2.75, 3.05) is 5.32 Å². The first kappa shape index (κ1) is 21.0. The average Bonchev–Trinajstić information content (AvgIpc) is 3.45. The number of carbonyl (C=O) groups excluding carboxylic acids is 1. The van der Waals surface area contributed by atoms with Crippen molar-refractivity contribution >= 4 is 44.9 Å². The van der Waals surface area contributed by atoms with E-state index in [0.717, 1.165) is 34.5 Å². The zero-order valence-electron chi connectivity index (χ0n) is 17.7. The molecule has 5 rings (SSSR count). The Bertz CT molecular complexity index is 1340. The molecule has 1 unspecified atom stereocenters. The zero-order chi connectivity index (χ0) is 22.1. The molecule has 0 aliphatic heterocycles. The first-order valence-electron chi connectivity index (χ1n) is 10.7. The SMILES string of the molecule is CC(SCc1nc2scc(-c3ccccc3)c2c(=O)[nH]1)C(=O)Nc1ccc2c(c1)CCC2. The van der Waals surface area contributed by atoms with Gasteiger partial charge in [-0.3, -0.25) is 9.59 Å². The summed E-state index contributed by atoms with van der Waals surface area (Å²) in [6.45, 7) is 1.88. The lowest BCUT2D eigenvalue weighted by molar-refractivity contribution is -0.115. The molecule has 0 saturated heterocycles. The number of aromatic amines is 1. The van der Waals surface area contributed by atoms with Gasteiger partial charge >= 0.3 is 0 Å². The number of hydrogen-bond acceptors (Lipinski definition) is 5. The van der Waals surface area contributed by atoms with Gasteiger partial charge in [-0.2, -0.15) is 0 Å². The van der Waals surface area contributed by atoms with E-state index in [0.29, 0.717) is 17.0 Å². The second-order valence-corrected chi connectivity index (χ2v) is 10.2. The van der Waals surface area contributed by atoms with Gasteiger partial charge in [0.05, 0.1) is 16.4 Å². The van der Waals surface area contributed by atoms with Crippen LogP contribution in [0.4, 0.5) is 5.69 Å². The number of rotatable bonds is 6. The summed E-state index contributed by atoms with van der Waals surface area (Å²) in [6.07, 6.45) is 3.40. The molecule has 1 aliphatic carbocycles. The topological polar surface area (TPSA) is 74.8 Å². The number of thiophene rings is 1. The number of carbonyl (C=O) groups is 1. The molecule has 162 valence electrons. The fraction of sp³-hybridized carbons (Fsp3) is 0.240. The van der Waals surface area contributed by atoms with Crippen molar-refractivity contribution in [1.29, 1.82) is 0 Å². The van der Waals surface area contributed by atoms with Crippen molar-refractivity contribution in [2.24, 2.45) is 0 Å². The number of aryl methyl sites for hydroxylation is 2. The molecule has 0 bridgehead atoms. The van der Waals surface area contributed by atoms with Crippen LogP contribution in [-0.2, 0) is 23.4 Å². The maximum atomic E-state index is 12.8. The minimum Gasteiger partial charge on any atom is -0.325 e. The van der Waals surface area contributed by atoms with Gasteiger partial charge in [0.25, 0.3) is 5.56 Å². The molecular weight excluding hydrogens is 438 g/mol. The van der Waals surface area contributed by atoms with Crippen molar-refractivity contribution in [2.45, 2.75) is 37.2 Å². The maximum absolute atomic E-state index is 12.8. The normalized spacial score (nSPS) is 13.8. The minimum atomic E-state index is -0.271. The predicted molar refractivity (Wildman–Crippen MR) is 134 cm³/mol. The summed E-state index contributed by atoms with van der Waals surface area (Å²) < 4.78 is 0. The zero-order valence-corrected chi connectivity index (χ0v) is 19.3. The van der Waals surface area contributed by atoms with Gasteiger partial charge in [0.15, 0.2) is 0 Å². The van der Waals surface area contributed by atoms with Crippen molar-refractivity contribution in [3.05, 3.63) is 81.2 Å². The molecule has 0 spiro atoms. The monoisotopic (exact) mass is 461 g/mol. The van der Waals surface area contributed by atoms with Crippen LogP contribution in [0, 0.1) is 0 Å². The average molecular weight is 462 g/mol. The van der Waals surface area contributed by atoms with E-state index < -0.39 is 0 Å². The van der Waals surface area contributed by atoms with E-state index in [4.69, 9.17) is 0 Å². The van der Waals surface area contributed by atoms with Crippen LogP contribution in [0.15, 0.2) is 58.7 Å². The molecule has 5 nitrogen and oxygen atoms in total. The number of benzene rings is 2. The van der Waals surface area contributed by atoms with E-state index in [1.807, 2.05) is 48.7 Å². The highest BCUT2D eigenvalue weighted by atomic mass is 32.2. The van der Waals surface area contributed by atoms with Crippen LogP contribution in [-0.4, -0.2) is 21.1 Å². The van der Waals surface area contributed by atoms with Gasteiger partial charge in [-0.15, -0.1) is 23.1 Å². The molecular formula is C25H23N3O2S2. The Morgan fingerprint density at radius 3 is 2.84 bits per heavy atom. The molecule has 0 saturated carbocycles. The predicted octanol–water partition coefficient (Wildman–Crippen LogP) is 5.40. The number of nitrogens with zero attached hydrogens (tertiary/aromatic N) is 1. The molecule has 0 radical (unpaired) electrons. The number of fused-ring (bicyclic) bond motifs is 2. The first-order valence-corrected chi connectivity index (χ1v) is 12.6. The van der Waals surface area contributed by atoms with Crippen LogP contribution in [0.2, 0.25) is 0 Å². The number of aromatic nitrogens is 2. The molecule has 2 N–H and O–H groups in total. The molecule has 32 heavy (non-hydrogen) atoms. The molecule has 1 atom stereocenters. The number of nitrogens with one attached hydrogen (secondary N) is 2. The van der Waals surface area contributed by atoms with Crippen LogP contribution < -0.4 is 10.9 Å². The Kier molecular flexibility index (Phi) is 5.85. The summed E-state index contributed by atoms with van der Waals surface area (Å²) >= 11 is 2.93. The lowest BCUT2D eigenvalue weighted by Crippen LogP contribution is -2.23.